The minimum Gasteiger partial charge on any atom is -0.352 e. The summed E-state index contributed by atoms with van der Waals surface area (Å²) in [6, 6.07) is 6.93. The highest BCUT2D eigenvalue weighted by atomic mass is 16.2. The van der Waals surface area contributed by atoms with E-state index in [2.05, 4.69) is 10.6 Å². The molecule has 0 saturated heterocycles. The predicted molar refractivity (Wildman–Crippen MR) is 85.1 cm³/mol. The average Bonchev–Trinajstić information content (AvgIpc) is 2.45. The van der Waals surface area contributed by atoms with Gasteiger partial charge >= 0.3 is 0 Å². The summed E-state index contributed by atoms with van der Waals surface area (Å²) in [5.41, 5.74) is 5.89. The van der Waals surface area contributed by atoms with Crippen LogP contribution in [0, 0.1) is 5.92 Å². The number of amides is 2. The van der Waals surface area contributed by atoms with Crippen molar-refractivity contribution in [1.29, 1.82) is 0 Å². The third-order valence-corrected chi connectivity index (χ3v) is 3.34. The van der Waals surface area contributed by atoms with Gasteiger partial charge in [0.2, 0.25) is 5.91 Å². The van der Waals surface area contributed by atoms with Crippen LogP contribution in [0.5, 0.6) is 0 Å². The van der Waals surface area contributed by atoms with Crippen LogP contribution in [0.1, 0.15) is 44.5 Å². The molecule has 5 heteroatoms. The van der Waals surface area contributed by atoms with Gasteiger partial charge in [0.05, 0.1) is 16.8 Å². The lowest BCUT2D eigenvalue weighted by Crippen LogP contribution is -2.48. The summed E-state index contributed by atoms with van der Waals surface area (Å²) in [5.74, 6) is -0.132. The summed E-state index contributed by atoms with van der Waals surface area (Å²) >= 11 is 0. The fourth-order valence-electron chi connectivity index (χ4n) is 1.61. The van der Waals surface area contributed by atoms with E-state index in [1.165, 1.54) is 0 Å². The van der Waals surface area contributed by atoms with E-state index in [1.54, 1.807) is 31.2 Å². The molecule has 1 atom stereocenters. The second-order valence-corrected chi connectivity index (χ2v) is 5.87. The standard InChI is InChI=1S/C16H25N3O2/c1-5-16(4,17)15(21)19-13-9-7-6-8-12(13)14(20)18-10-11(2)3/h6-9,11H,5,10,17H2,1-4H3,(H,18,20)(H,19,21). The molecule has 5 nitrogen and oxygen atoms in total. The maximum absolute atomic E-state index is 12.2. The average molecular weight is 291 g/mol. The van der Waals surface area contributed by atoms with Crippen molar-refractivity contribution in [3.8, 4) is 0 Å². The largest absolute Gasteiger partial charge is 0.352 e. The molecule has 4 N–H and O–H groups in total. The van der Waals surface area contributed by atoms with Gasteiger partial charge in [0.25, 0.3) is 5.91 Å². The van der Waals surface area contributed by atoms with Crippen molar-refractivity contribution in [2.24, 2.45) is 11.7 Å². The number of benzene rings is 1. The Morgan fingerprint density at radius 3 is 2.48 bits per heavy atom. The topological polar surface area (TPSA) is 84.2 Å². The van der Waals surface area contributed by atoms with Crippen LogP contribution in [0.4, 0.5) is 5.69 Å². The summed E-state index contributed by atoms with van der Waals surface area (Å²) < 4.78 is 0. The quantitative estimate of drug-likeness (QED) is 0.750. The Bertz CT molecular complexity index is 510. The lowest BCUT2D eigenvalue weighted by Gasteiger charge is -2.22. The maximum Gasteiger partial charge on any atom is 0.253 e. The van der Waals surface area contributed by atoms with Gasteiger partial charge < -0.3 is 16.4 Å². The Balaban J connectivity index is 2.89. The van der Waals surface area contributed by atoms with E-state index >= 15 is 0 Å². The normalized spacial score (nSPS) is 13.6. The zero-order chi connectivity index (χ0) is 16.0. The first-order valence-corrected chi connectivity index (χ1v) is 7.25. The number of hydrogen-bond acceptors (Lipinski definition) is 3. The summed E-state index contributed by atoms with van der Waals surface area (Å²) in [6.07, 6.45) is 0.514. The van der Waals surface area contributed by atoms with Gasteiger partial charge in [-0.05, 0) is 31.4 Å². The van der Waals surface area contributed by atoms with Crippen molar-refractivity contribution in [1.82, 2.24) is 5.32 Å². The smallest absolute Gasteiger partial charge is 0.253 e. The summed E-state index contributed by atoms with van der Waals surface area (Å²) in [7, 11) is 0. The Kier molecular flexibility index (Phi) is 5.90. The number of anilines is 1. The molecule has 2 amide bonds. The Morgan fingerprint density at radius 1 is 1.29 bits per heavy atom. The first-order valence-electron chi connectivity index (χ1n) is 7.25. The van der Waals surface area contributed by atoms with Crippen molar-refractivity contribution in [2.45, 2.75) is 39.7 Å². The molecule has 0 spiro atoms. The van der Waals surface area contributed by atoms with Gasteiger partial charge in [-0.25, -0.2) is 0 Å². The van der Waals surface area contributed by atoms with Gasteiger partial charge in [0, 0.05) is 6.54 Å². The second kappa shape index (κ2) is 7.22. The molecule has 1 rings (SSSR count). The van der Waals surface area contributed by atoms with Crippen molar-refractivity contribution in [2.75, 3.05) is 11.9 Å². The van der Waals surface area contributed by atoms with E-state index in [4.69, 9.17) is 5.73 Å². The minimum atomic E-state index is -0.957. The zero-order valence-corrected chi connectivity index (χ0v) is 13.2. The van der Waals surface area contributed by atoms with Crippen LogP contribution in [-0.4, -0.2) is 23.9 Å². The van der Waals surface area contributed by atoms with Crippen LogP contribution in [0.2, 0.25) is 0 Å². The van der Waals surface area contributed by atoms with Gasteiger partial charge in [-0.2, -0.15) is 0 Å². The molecule has 0 fully saturated rings. The van der Waals surface area contributed by atoms with E-state index in [0.717, 1.165) is 0 Å². The first-order chi connectivity index (χ1) is 9.77. The lowest BCUT2D eigenvalue weighted by atomic mass is 9.99. The van der Waals surface area contributed by atoms with Gasteiger partial charge in [0.15, 0.2) is 0 Å². The van der Waals surface area contributed by atoms with Gasteiger partial charge in [-0.15, -0.1) is 0 Å². The fourth-order valence-corrected chi connectivity index (χ4v) is 1.61. The van der Waals surface area contributed by atoms with Crippen molar-refractivity contribution in [3.05, 3.63) is 29.8 Å². The van der Waals surface area contributed by atoms with Crippen LogP contribution < -0.4 is 16.4 Å². The number of carbonyl (C=O) groups is 2. The highest BCUT2D eigenvalue weighted by Gasteiger charge is 2.27. The van der Waals surface area contributed by atoms with Crippen LogP contribution >= 0.6 is 0 Å². The van der Waals surface area contributed by atoms with E-state index in [-0.39, 0.29) is 11.8 Å². The Labute approximate surface area is 126 Å². The van der Waals surface area contributed by atoms with Crippen molar-refractivity contribution < 1.29 is 9.59 Å². The molecule has 116 valence electrons. The van der Waals surface area contributed by atoms with E-state index in [9.17, 15) is 9.59 Å². The molecule has 0 bridgehead atoms. The molecule has 0 heterocycles. The SMILES string of the molecule is CCC(C)(N)C(=O)Nc1ccccc1C(=O)NCC(C)C. The number of nitrogens with one attached hydrogen (secondary N) is 2. The van der Waals surface area contributed by atoms with Crippen LogP contribution in [0.25, 0.3) is 0 Å². The number of para-hydroxylation sites is 1. The first kappa shape index (κ1) is 17.2. The van der Waals surface area contributed by atoms with Crippen molar-refractivity contribution >= 4 is 17.5 Å². The maximum atomic E-state index is 12.2. The molecule has 0 aliphatic rings. The van der Waals surface area contributed by atoms with Gasteiger partial charge in [0.1, 0.15) is 0 Å². The summed E-state index contributed by atoms with van der Waals surface area (Å²) in [6.45, 7) is 8.15. The molecule has 0 aliphatic carbocycles. The van der Waals surface area contributed by atoms with Crippen LogP contribution in [0.15, 0.2) is 24.3 Å². The molecule has 1 unspecified atom stereocenters. The molecule has 1 aromatic carbocycles. The highest BCUT2D eigenvalue weighted by molar-refractivity contribution is 6.05. The van der Waals surface area contributed by atoms with E-state index in [1.807, 2.05) is 20.8 Å². The summed E-state index contributed by atoms with van der Waals surface area (Å²) in [4.78, 5) is 24.3. The molecule has 0 radical (unpaired) electrons. The third-order valence-electron chi connectivity index (χ3n) is 3.34. The second-order valence-electron chi connectivity index (χ2n) is 5.87. The van der Waals surface area contributed by atoms with Gasteiger partial charge in [-0.3, -0.25) is 9.59 Å². The molecule has 0 saturated carbocycles. The highest BCUT2D eigenvalue weighted by Crippen LogP contribution is 2.17. The Morgan fingerprint density at radius 2 is 1.90 bits per heavy atom. The van der Waals surface area contributed by atoms with Crippen LogP contribution in [0.3, 0.4) is 0 Å². The zero-order valence-electron chi connectivity index (χ0n) is 13.2. The minimum absolute atomic E-state index is 0.199. The molecule has 21 heavy (non-hydrogen) atoms. The number of nitrogens with two attached hydrogens (primary N) is 1. The van der Waals surface area contributed by atoms with Crippen LogP contribution in [-0.2, 0) is 4.79 Å². The number of carbonyl (C=O) groups excluding carboxylic acids is 2. The molecular weight excluding hydrogens is 266 g/mol. The van der Waals surface area contributed by atoms with E-state index < -0.39 is 5.54 Å². The number of rotatable bonds is 6. The predicted octanol–water partition coefficient (Wildman–Crippen LogP) is 2.14. The van der Waals surface area contributed by atoms with Gasteiger partial charge in [-0.1, -0.05) is 32.9 Å². The molecular formula is C16H25N3O2. The Hall–Kier alpha value is -1.88. The molecule has 0 aromatic heterocycles. The van der Waals surface area contributed by atoms with E-state index in [0.29, 0.717) is 30.1 Å². The van der Waals surface area contributed by atoms with Crippen molar-refractivity contribution in [3.63, 3.8) is 0 Å². The number of hydrogen-bond donors (Lipinski definition) is 3. The fraction of sp³-hybridized carbons (Fsp3) is 0.500. The third kappa shape index (κ3) is 4.86. The molecule has 0 aliphatic heterocycles. The summed E-state index contributed by atoms with van der Waals surface area (Å²) in [5, 5.41) is 5.59. The molecule has 1 aromatic rings. The lowest BCUT2D eigenvalue weighted by molar-refractivity contribution is -0.120. The monoisotopic (exact) mass is 291 g/mol.